The maximum atomic E-state index is 12.6. The van der Waals surface area contributed by atoms with E-state index in [1.807, 2.05) is 13.0 Å². The molecule has 7 heteroatoms. The number of methoxy groups -OCH3 is 4. The van der Waals surface area contributed by atoms with Gasteiger partial charge in [-0.15, -0.1) is 0 Å². The first kappa shape index (κ1) is 18.7. The van der Waals surface area contributed by atoms with Gasteiger partial charge in [0.2, 0.25) is 11.7 Å². The Morgan fingerprint density at radius 1 is 0.889 bits per heavy atom. The van der Waals surface area contributed by atoms with Gasteiger partial charge in [0.25, 0.3) is 0 Å². The fourth-order valence-corrected chi connectivity index (χ4v) is 3.46. The van der Waals surface area contributed by atoms with Crippen LogP contribution in [-0.2, 0) is 4.79 Å². The molecule has 27 heavy (non-hydrogen) atoms. The molecule has 2 atom stereocenters. The van der Waals surface area contributed by atoms with Crippen LogP contribution < -0.4 is 23.8 Å². The third-order valence-electron chi connectivity index (χ3n) is 4.85. The number of rotatable bonds is 6. The minimum absolute atomic E-state index is 0.0235. The molecule has 1 amide bonds. The van der Waals surface area contributed by atoms with Crippen LogP contribution in [0, 0.1) is 5.92 Å². The Bertz CT molecular complexity index is 841. The topological polar surface area (TPSA) is 77.5 Å². The van der Waals surface area contributed by atoms with Gasteiger partial charge < -0.3 is 29.0 Å². The fourth-order valence-electron chi connectivity index (χ4n) is 3.46. The van der Waals surface area contributed by atoms with Crippen LogP contribution in [0.4, 0.5) is 5.69 Å². The Balaban J connectivity index is 2.05. The number of phenols is 1. The lowest BCUT2D eigenvalue weighted by molar-refractivity contribution is -0.129. The van der Waals surface area contributed by atoms with Crippen molar-refractivity contribution in [1.29, 1.82) is 0 Å². The molecule has 7 nitrogen and oxygen atoms in total. The number of amides is 1. The predicted octanol–water partition coefficient (Wildman–Crippen LogP) is 3.15. The second-order valence-corrected chi connectivity index (χ2v) is 6.26. The van der Waals surface area contributed by atoms with Gasteiger partial charge in [0.1, 0.15) is 0 Å². The first-order chi connectivity index (χ1) is 13.0. The molecule has 144 valence electrons. The average molecular weight is 373 g/mol. The highest BCUT2D eigenvalue weighted by molar-refractivity contribution is 6.03. The Labute approximate surface area is 158 Å². The maximum Gasteiger partial charge on any atom is 0.232 e. The largest absolute Gasteiger partial charge is 0.504 e. The van der Waals surface area contributed by atoms with E-state index in [1.165, 1.54) is 28.4 Å². The number of benzene rings is 2. The van der Waals surface area contributed by atoms with Crippen molar-refractivity contribution < 1.29 is 28.8 Å². The normalized spacial score (nSPS) is 18.7. The maximum absolute atomic E-state index is 12.6. The third-order valence-corrected chi connectivity index (χ3v) is 4.85. The molecule has 1 heterocycles. The van der Waals surface area contributed by atoms with Crippen LogP contribution >= 0.6 is 0 Å². The molecule has 0 aromatic heterocycles. The van der Waals surface area contributed by atoms with Gasteiger partial charge in [0, 0.05) is 12.1 Å². The van der Waals surface area contributed by atoms with E-state index in [2.05, 4.69) is 0 Å². The van der Waals surface area contributed by atoms with Crippen LogP contribution in [0.1, 0.15) is 18.5 Å². The molecule has 0 aliphatic carbocycles. The second kappa shape index (κ2) is 7.26. The van der Waals surface area contributed by atoms with E-state index in [-0.39, 0.29) is 23.6 Å². The van der Waals surface area contributed by atoms with Crippen molar-refractivity contribution in [3.63, 3.8) is 0 Å². The number of hydrogen-bond donors (Lipinski definition) is 1. The van der Waals surface area contributed by atoms with Gasteiger partial charge in [-0.05, 0) is 17.7 Å². The lowest BCUT2D eigenvalue weighted by Gasteiger charge is -2.46. The van der Waals surface area contributed by atoms with Gasteiger partial charge in [0.15, 0.2) is 23.0 Å². The first-order valence-electron chi connectivity index (χ1n) is 8.46. The van der Waals surface area contributed by atoms with Gasteiger partial charge >= 0.3 is 0 Å². The number of ether oxygens (including phenoxy) is 4. The van der Waals surface area contributed by atoms with Crippen molar-refractivity contribution >= 4 is 11.6 Å². The molecule has 1 aliphatic rings. The zero-order valence-electron chi connectivity index (χ0n) is 16.0. The molecule has 1 saturated heterocycles. The molecule has 3 rings (SSSR count). The summed E-state index contributed by atoms with van der Waals surface area (Å²) in [7, 11) is 6.08. The first-order valence-corrected chi connectivity index (χ1v) is 8.46. The lowest BCUT2D eigenvalue weighted by atomic mass is 9.83. The molecule has 0 radical (unpaired) electrons. The number of nitrogens with zero attached hydrogens (tertiary/aromatic N) is 1. The average Bonchev–Trinajstić information content (AvgIpc) is 2.69. The number of hydrogen-bond acceptors (Lipinski definition) is 6. The van der Waals surface area contributed by atoms with E-state index >= 15 is 0 Å². The summed E-state index contributed by atoms with van der Waals surface area (Å²) >= 11 is 0. The fraction of sp³-hybridized carbons (Fsp3) is 0.350. The zero-order chi connectivity index (χ0) is 19.7. The Hall–Kier alpha value is -3.09. The predicted molar refractivity (Wildman–Crippen MR) is 100 cm³/mol. The number of carbonyl (C=O) groups is 1. The van der Waals surface area contributed by atoms with E-state index in [4.69, 9.17) is 18.9 Å². The minimum Gasteiger partial charge on any atom is -0.504 e. The van der Waals surface area contributed by atoms with Crippen molar-refractivity contribution in [3.05, 3.63) is 35.9 Å². The third kappa shape index (κ3) is 2.99. The molecule has 2 aromatic rings. The summed E-state index contributed by atoms with van der Waals surface area (Å²) in [4.78, 5) is 14.3. The SMILES string of the molecule is COc1ccc([C@@H]2[C@H](C)C(=O)N2c2cc(OC)c(OC)c(OC)c2)cc1O. The van der Waals surface area contributed by atoms with Crippen LogP contribution in [0.2, 0.25) is 0 Å². The summed E-state index contributed by atoms with van der Waals surface area (Å²) in [5.41, 5.74) is 1.45. The number of carbonyl (C=O) groups excluding carboxylic acids is 1. The van der Waals surface area contributed by atoms with E-state index in [0.29, 0.717) is 28.7 Å². The van der Waals surface area contributed by atoms with Crippen molar-refractivity contribution in [2.75, 3.05) is 33.3 Å². The van der Waals surface area contributed by atoms with Gasteiger partial charge in [-0.1, -0.05) is 13.0 Å². The Kier molecular flexibility index (Phi) is 5.03. The standard InChI is InChI=1S/C20H23NO6/c1-11-18(12-6-7-15(24-2)14(22)8-12)21(20(11)23)13-9-16(25-3)19(27-5)17(10-13)26-4/h6-11,18,22H,1-5H3/t11-,18-/m0/s1. The van der Waals surface area contributed by atoms with Gasteiger partial charge in [0.05, 0.1) is 46.1 Å². The molecule has 1 N–H and O–H groups in total. The highest BCUT2D eigenvalue weighted by Crippen LogP contribution is 2.49. The summed E-state index contributed by atoms with van der Waals surface area (Å²) in [6, 6.07) is 8.41. The smallest absolute Gasteiger partial charge is 0.232 e. The Morgan fingerprint density at radius 2 is 1.48 bits per heavy atom. The second-order valence-electron chi connectivity index (χ2n) is 6.26. The summed E-state index contributed by atoms with van der Waals surface area (Å²) in [6.07, 6.45) is 0. The molecule has 0 saturated carbocycles. The number of β-lactam (4-membered cyclic amide) rings is 1. The van der Waals surface area contributed by atoms with E-state index < -0.39 is 0 Å². The van der Waals surface area contributed by atoms with Crippen LogP contribution in [0.15, 0.2) is 30.3 Å². The molecular formula is C20H23NO6. The summed E-state index contributed by atoms with van der Waals surface area (Å²) in [6.45, 7) is 1.86. The van der Waals surface area contributed by atoms with Crippen LogP contribution in [0.25, 0.3) is 0 Å². The molecule has 0 spiro atoms. The summed E-state index contributed by atoms with van der Waals surface area (Å²) in [5.74, 6) is 1.57. The molecule has 1 fully saturated rings. The lowest BCUT2D eigenvalue weighted by Crippen LogP contribution is -2.54. The summed E-state index contributed by atoms with van der Waals surface area (Å²) < 4.78 is 21.2. The minimum atomic E-state index is -0.225. The van der Waals surface area contributed by atoms with Crippen molar-refractivity contribution in [2.45, 2.75) is 13.0 Å². The van der Waals surface area contributed by atoms with Crippen LogP contribution in [0.3, 0.4) is 0 Å². The van der Waals surface area contributed by atoms with Crippen LogP contribution in [-0.4, -0.2) is 39.5 Å². The van der Waals surface area contributed by atoms with E-state index in [0.717, 1.165) is 5.56 Å². The van der Waals surface area contributed by atoms with Gasteiger partial charge in [-0.2, -0.15) is 0 Å². The number of aromatic hydroxyl groups is 1. The molecule has 0 bridgehead atoms. The van der Waals surface area contributed by atoms with E-state index in [9.17, 15) is 9.90 Å². The van der Waals surface area contributed by atoms with Gasteiger partial charge in [-0.3, -0.25) is 4.79 Å². The van der Waals surface area contributed by atoms with E-state index in [1.54, 1.807) is 29.2 Å². The van der Waals surface area contributed by atoms with Gasteiger partial charge in [-0.25, -0.2) is 0 Å². The quantitative estimate of drug-likeness (QED) is 0.784. The Morgan fingerprint density at radius 3 is 1.96 bits per heavy atom. The van der Waals surface area contributed by atoms with Crippen LogP contribution in [0.5, 0.6) is 28.7 Å². The number of anilines is 1. The highest BCUT2D eigenvalue weighted by Gasteiger charge is 2.46. The molecule has 0 unspecified atom stereocenters. The van der Waals surface area contributed by atoms with Crippen molar-refractivity contribution in [1.82, 2.24) is 0 Å². The van der Waals surface area contributed by atoms with Crippen molar-refractivity contribution in [2.24, 2.45) is 5.92 Å². The monoisotopic (exact) mass is 373 g/mol. The number of phenolic OH excluding ortho intramolecular Hbond substituents is 1. The molecule has 1 aliphatic heterocycles. The zero-order valence-corrected chi connectivity index (χ0v) is 16.0. The summed E-state index contributed by atoms with van der Waals surface area (Å²) in [5, 5.41) is 10.1. The molecular weight excluding hydrogens is 350 g/mol. The van der Waals surface area contributed by atoms with Crippen molar-refractivity contribution in [3.8, 4) is 28.7 Å². The highest BCUT2D eigenvalue weighted by atomic mass is 16.5. The molecule has 2 aromatic carbocycles.